The van der Waals surface area contributed by atoms with Crippen molar-refractivity contribution >= 4 is 17.5 Å². The smallest absolute Gasteiger partial charge is 0.267 e. The fourth-order valence-corrected chi connectivity index (χ4v) is 2.76. The van der Waals surface area contributed by atoms with E-state index in [0.29, 0.717) is 11.5 Å². The highest BCUT2D eigenvalue weighted by atomic mass is 32.2. The predicted octanol–water partition coefficient (Wildman–Crippen LogP) is 2.79. The number of nitrogens with one attached hydrogen (secondary N) is 1. The molecule has 2 heterocycles. The molecule has 0 aliphatic heterocycles. The number of aromatic nitrogens is 4. The zero-order valence-corrected chi connectivity index (χ0v) is 12.3. The van der Waals surface area contributed by atoms with Crippen molar-refractivity contribution in [1.82, 2.24) is 19.6 Å². The highest BCUT2D eigenvalue weighted by Crippen LogP contribution is 2.16. The van der Waals surface area contributed by atoms with Crippen LogP contribution in [0.3, 0.4) is 0 Å². The molecule has 0 aliphatic rings. The summed E-state index contributed by atoms with van der Waals surface area (Å²) in [6.45, 7) is 4.02. The van der Waals surface area contributed by atoms with Crippen LogP contribution in [0.1, 0.15) is 44.7 Å². The number of thioether (sulfide) groups is 1. The van der Waals surface area contributed by atoms with Crippen LogP contribution in [0.4, 0.5) is 0 Å². The Hall–Kier alpha value is -1.30. The van der Waals surface area contributed by atoms with Crippen molar-refractivity contribution in [2.75, 3.05) is 5.75 Å². The summed E-state index contributed by atoms with van der Waals surface area (Å²) in [6.07, 6.45) is 6.33. The molecule has 0 atom stereocenters. The van der Waals surface area contributed by atoms with Crippen LogP contribution in [0.25, 0.3) is 5.78 Å². The zero-order chi connectivity index (χ0) is 13.7. The van der Waals surface area contributed by atoms with Crippen LogP contribution in [-0.2, 0) is 0 Å². The molecular weight excluding hydrogens is 260 g/mol. The molecule has 0 spiro atoms. The van der Waals surface area contributed by atoms with E-state index in [0.717, 1.165) is 10.9 Å². The fourth-order valence-electron chi connectivity index (χ4n) is 1.91. The molecule has 0 saturated carbocycles. The molecule has 5 nitrogen and oxygen atoms in total. The van der Waals surface area contributed by atoms with E-state index in [2.05, 4.69) is 22.0 Å². The molecule has 19 heavy (non-hydrogen) atoms. The molecule has 2 aromatic heterocycles. The summed E-state index contributed by atoms with van der Waals surface area (Å²) in [5.74, 6) is 1.48. The average molecular weight is 280 g/mol. The van der Waals surface area contributed by atoms with Gasteiger partial charge in [-0.2, -0.15) is 9.50 Å². The van der Waals surface area contributed by atoms with E-state index in [1.54, 1.807) is 18.7 Å². The molecule has 0 aromatic carbocycles. The van der Waals surface area contributed by atoms with Gasteiger partial charge >= 0.3 is 0 Å². The molecule has 0 saturated heterocycles. The molecule has 0 aliphatic carbocycles. The molecule has 1 N–H and O–H groups in total. The molecule has 104 valence electrons. The topological polar surface area (TPSA) is 63.1 Å². The van der Waals surface area contributed by atoms with Gasteiger partial charge in [0.25, 0.3) is 11.3 Å². The summed E-state index contributed by atoms with van der Waals surface area (Å²) in [4.78, 5) is 20.3. The Kier molecular flexibility index (Phi) is 5.01. The molecule has 0 radical (unpaired) electrons. The highest BCUT2D eigenvalue weighted by Gasteiger charge is 2.06. The van der Waals surface area contributed by atoms with Gasteiger partial charge in [0.15, 0.2) is 5.16 Å². The number of H-pyrrole nitrogens is 1. The minimum atomic E-state index is -0.107. The second kappa shape index (κ2) is 6.75. The maximum Gasteiger partial charge on any atom is 0.274 e. The quantitative estimate of drug-likeness (QED) is 0.625. The van der Waals surface area contributed by atoms with Crippen LogP contribution in [-0.4, -0.2) is 25.3 Å². The summed E-state index contributed by atoms with van der Waals surface area (Å²) < 4.78 is 1.40. The number of rotatable bonds is 7. The van der Waals surface area contributed by atoms with Gasteiger partial charge in [0, 0.05) is 17.5 Å². The fraction of sp³-hybridized carbons (Fsp3) is 0.615. The first kappa shape index (κ1) is 14.1. The van der Waals surface area contributed by atoms with E-state index >= 15 is 0 Å². The van der Waals surface area contributed by atoms with Crippen LogP contribution >= 0.6 is 11.8 Å². The van der Waals surface area contributed by atoms with Crippen molar-refractivity contribution in [3.05, 3.63) is 22.1 Å². The number of unbranched alkanes of at least 4 members (excludes halogenated alkanes) is 4. The lowest BCUT2D eigenvalue weighted by Gasteiger charge is -1.98. The number of hydrogen-bond donors (Lipinski definition) is 1. The van der Waals surface area contributed by atoms with Crippen molar-refractivity contribution in [1.29, 1.82) is 0 Å². The van der Waals surface area contributed by atoms with E-state index in [1.807, 2.05) is 0 Å². The standard InChI is InChI=1S/C13H20N4OS/c1-3-4-5-6-7-8-19-13-15-12-14-10(2)9-11(18)17(12)16-13/h9H,3-8H2,1-2H3,(H,14,15,16). The monoisotopic (exact) mass is 280 g/mol. The zero-order valence-electron chi connectivity index (χ0n) is 11.5. The Labute approximate surface area is 116 Å². The van der Waals surface area contributed by atoms with Crippen LogP contribution in [0.5, 0.6) is 0 Å². The Morgan fingerprint density at radius 2 is 2.05 bits per heavy atom. The number of nitrogens with zero attached hydrogens (tertiary/aromatic N) is 3. The summed E-state index contributed by atoms with van der Waals surface area (Å²) >= 11 is 1.65. The number of fused-ring (bicyclic) bond motifs is 1. The van der Waals surface area contributed by atoms with Gasteiger partial charge in [-0.05, 0) is 13.3 Å². The van der Waals surface area contributed by atoms with Gasteiger partial charge in [0.2, 0.25) is 0 Å². The second-order valence-corrected chi connectivity index (χ2v) is 5.75. The molecule has 2 aromatic rings. The SMILES string of the molecule is CCCCCCCSc1nc2nc(C)cc(=O)n2[nH]1. The van der Waals surface area contributed by atoms with E-state index in [1.165, 1.54) is 42.7 Å². The van der Waals surface area contributed by atoms with Gasteiger partial charge in [-0.3, -0.25) is 9.89 Å². The molecule has 0 bridgehead atoms. The largest absolute Gasteiger partial charge is 0.274 e. The van der Waals surface area contributed by atoms with Crippen molar-refractivity contribution in [2.45, 2.75) is 51.1 Å². The minimum Gasteiger partial charge on any atom is -0.267 e. The van der Waals surface area contributed by atoms with Crippen molar-refractivity contribution in [3.8, 4) is 0 Å². The predicted molar refractivity (Wildman–Crippen MR) is 77.8 cm³/mol. The van der Waals surface area contributed by atoms with E-state index in [9.17, 15) is 4.79 Å². The molecule has 0 amide bonds. The first-order valence-electron chi connectivity index (χ1n) is 6.80. The first-order chi connectivity index (χ1) is 9.20. The Morgan fingerprint density at radius 1 is 1.26 bits per heavy atom. The number of aryl methyl sites for hydroxylation is 1. The normalized spacial score (nSPS) is 11.3. The second-order valence-electron chi connectivity index (χ2n) is 4.66. The third-order valence-corrected chi connectivity index (χ3v) is 3.87. The van der Waals surface area contributed by atoms with Crippen molar-refractivity contribution < 1.29 is 0 Å². The van der Waals surface area contributed by atoms with Crippen molar-refractivity contribution in [2.24, 2.45) is 0 Å². The van der Waals surface area contributed by atoms with Crippen LogP contribution in [0.15, 0.2) is 16.0 Å². The summed E-state index contributed by atoms with van der Waals surface area (Å²) in [5.41, 5.74) is 0.595. The van der Waals surface area contributed by atoms with Crippen LogP contribution < -0.4 is 5.56 Å². The van der Waals surface area contributed by atoms with Crippen LogP contribution in [0.2, 0.25) is 0 Å². The maximum absolute atomic E-state index is 11.7. The Balaban J connectivity index is 1.91. The number of hydrogen-bond acceptors (Lipinski definition) is 4. The average Bonchev–Trinajstić information content (AvgIpc) is 2.76. The van der Waals surface area contributed by atoms with Gasteiger partial charge in [-0.1, -0.05) is 44.4 Å². The van der Waals surface area contributed by atoms with Gasteiger partial charge in [0.05, 0.1) is 0 Å². The Morgan fingerprint density at radius 3 is 2.84 bits per heavy atom. The summed E-state index contributed by atoms with van der Waals surface area (Å²) in [7, 11) is 0. The van der Waals surface area contributed by atoms with E-state index in [-0.39, 0.29) is 5.56 Å². The number of aromatic amines is 1. The summed E-state index contributed by atoms with van der Waals surface area (Å²) in [6, 6.07) is 1.50. The lowest BCUT2D eigenvalue weighted by Crippen LogP contribution is -2.14. The Bertz CT molecular complexity index is 590. The van der Waals surface area contributed by atoms with E-state index in [4.69, 9.17) is 0 Å². The molecule has 0 unspecified atom stereocenters. The highest BCUT2D eigenvalue weighted by molar-refractivity contribution is 7.99. The third kappa shape index (κ3) is 3.83. The molecule has 2 rings (SSSR count). The van der Waals surface area contributed by atoms with Crippen molar-refractivity contribution in [3.63, 3.8) is 0 Å². The van der Waals surface area contributed by atoms with Gasteiger partial charge in [-0.15, -0.1) is 0 Å². The van der Waals surface area contributed by atoms with Gasteiger partial charge in [-0.25, -0.2) is 4.98 Å². The van der Waals surface area contributed by atoms with Gasteiger partial charge < -0.3 is 0 Å². The van der Waals surface area contributed by atoms with Crippen LogP contribution in [0, 0.1) is 6.92 Å². The van der Waals surface area contributed by atoms with E-state index < -0.39 is 0 Å². The molecule has 0 fully saturated rings. The lowest BCUT2D eigenvalue weighted by molar-refractivity contribution is 0.659. The first-order valence-corrected chi connectivity index (χ1v) is 7.78. The maximum atomic E-state index is 11.7. The lowest BCUT2D eigenvalue weighted by atomic mass is 10.2. The van der Waals surface area contributed by atoms with Gasteiger partial charge in [0.1, 0.15) is 0 Å². The molecular formula is C13H20N4OS. The minimum absolute atomic E-state index is 0.107. The third-order valence-electron chi connectivity index (χ3n) is 2.92. The summed E-state index contributed by atoms with van der Waals surface area (Å²) in [5, 5.41) is 3.76. The molecule has 6 heteroatoms.